The molecule has 0 aliphatic heterocycles. The summed E-state index contributed by atoms with van der Waals surface area (Å²) in [6.45, 7) is 0.0199. The van der Waals surface area contributed by atoms with Gasteiger partial charge in [-0.2, -0.15) is 0 Å². The molecular formula is C10H12N2O2. The average Bonchev–Trinajstić information content (AvgIpc) is 2.18. The summed E-state index contributed by atoms with van der Waals surface area (Å²) >= 11 is 0. The lowest BCUT2D eigenvalue weighted by atomic mass is 10.2. The van der Waals surface area contributed by atoms with Crippen LogP contribution < -0.4 is 10.5 Å². The summed E-state index contributed by atoms with van der Waals surface area (Å²) in [5.41, 5.74) is 5.84. The first kappa shape index (κ1) is 10.2. The number of hydrogen-bond acceptors (Lipinski definition) is 3. The van der Waals surface area contributed by atoms with Gasteiger partial charge in [-0.15, -0.1) is 0 Å². The molecule has 1 aromatic carbocycles. The molecule has 4 nitrogen and oxygen atoms in total. The van der Waals surface area contributed by atoms with E-state index in [-0.39, 0.29) is 6.54 Å². The maximum Gasteiger partial charge on any atom is 0.239 e. The van der Waals surface area contributed by atoms with Crippen LogP contribution in [-0.4, -0.2) is 25.8 Å². The van der Waals surface area contributed by atoms with Crippen molar-refractivity contribution in [1.82, 2.24) is 0 Å². The first-order chi connectivity index (χ1) is 6.72. The van der Waals surface area contributed by atoms with Crippen molar-refractivity contribution >= 4 is 12.1 Å². The van der Waals surface area contributed by atoms with Crippen LogP contribution in [0, 0.1) is 0 Å². The van der Waals surface area contributed by atoms with E-state index in [2.05, 4.69) is 4.99 Å². The minimum atomic E-state index is -0.435. The molecule has 0 heterocycles. The lowest BCUT2D eigenvalue weighted by molar-refractivity contribution is -0.116. The number of methoxy groups -OCH3 is 1. The zero-order valence-corrected chi connectivity index (χ0v) is 7.93. The Morgan fingerprint density at radius 1 is 1.50 bits per heavy atom. The molecule has 0 spiro atoms. The third kappa shape index (κ3) is 3.26. The summed E-state index contributed by atoms with van der Waals surface area (Å²) in [6, 6.07) is 7.35. The Labute approximate surface area is 82.4 Å². The maximum absolute atomic E-state index is 10.4. The molecule has 74 valence electrons. The van der Waals surface area contributed by atoms with Gasteiger partial charge in [0.05, 0.1) is 7.11 Å². The molecule has 0 unspecified atom stereocenters. The molecule has 0 saturated heterocycles. The van der Waals surface area contributed by atoms with Crippen LogP contribution in [0.15, 0.2) is 29.3 Å². The van der Waals surface area contributed by atoms with Gasteiger partial charge in [-0.3, -0.25) is 9.79 Å². The second-order valence-corrected chi connectivity index (χ2v) is 2.71. The van der Waals surface area contributed by atoms with Crippen molar-refractivity contribution in [1.29, 1.82) is 0 Å². The number of ether oxygens (including phenoxy) is 1. The normalized spacial score (nSPS) is 10.4. The summed E-state index contributed by atoms with van der Waals surface area (Å²) in [5.74, 6) is 0.354. The fourth-order valence-corrected chi connectivity index (χ4v) is 0.931. The molecule has 2 N–H and O–H groups in total. The topological polar surface area (TPSA) is 64.7 Å². The van der Waals surface area contributed by atoms with Crippen LogP contribution in [0.25, 0.3) is 0 Å². The van der Waals surface area contributed by atoms with Crippen LogP contribution in [-0.2, 0) is 4.79 Å². The van der Waals surface area contributed by atoms with Gasteiger partial charge < -0.3 is 10.5 Å². The van der Waals surface area contributed by atoms with Crippen molar-refractivity contribution in [3.63, 3.8) is 0 Å². The number of hydrogen-bond donors (Lipinski definition) is 1. The predicted octanol–water partition coefficient (Wildman–Crippen LogP) is 0.599. The van der Waals surface area contributed by atoms with Crippen molar-refractivity contribution < 1.29 is 9.53 Å². The van der Waals surface area contributed by atoms with E-state index in [1.165, 1.54) is 0 Å². The number of carbonyl (C=O) groups is 1. The molecule has 1 amide bonds. The molecule has 0 bridgehead atoms. The molecule has 4 heteroatoms. The van der Waals surface area contributed by atoms with E-state index >= 15 is 0 Å². The highest BCUT2D eigenvalue weighted by Crippen LogP contribution is 2.09. The number of nitrogens with two attached hydrogens (primary N) is 1. The molecule has 0 aliphatic rings. The van der Waals surface area contributed by atoms with Crippen LogP contribution in [0.4, 0.5) is 0 Å². The third-order valence-electron chi connectivity index (χ3n) is 1.60. The third-order valence-corrected chi connectivity index (χ3v) is 1.60. The van der Waals surface area contributed by atoms with Crippen LogP contribution in [0.1, 0.15) is 5.56 Å². The van der Waals surface area contributed by atoms with Gasteiger partial charge in [0.15, 0.2) is 0 Å². The largest absolute Gasteiger partial charge is 0.497 e. The summed E-state index contributed by atoms with van der Waals surface area (Å²) in [7, 11) is 1.61. The van der Waals surface area contributed by atoms with E-state index < -0.39 is 5.91 Å². The molecule has 0 saturated carbocycles. The quantitative estimate of drug-likeness (QED) is 0.710. The van der Waals surface area contributed by atoms with Gasteiger partial charge in [-0.1, -0.05) is 0 Å². The first-order valence-corrected chi connectivity index (χ1v) is 4.14. The maximum atomic E-state index is 10.4. The number of primary amides is 1. The fourth-order valence-electron chi connectivity index (χ4n) is 0.931. The molecule has 1 aromatic rings. The molecule has 0 aliphatic carbocycles. The number of amides is 1. The molecule has 1 rings (SSSR count). The average molecular weight is 192 g/mol. The summed E-state index contributed by atoms with van der Waals surface area (Å²) in [5, 5.41) is 0. The molecular weight excluding hydrogens is 180 g/mol. The highest BCUT2D eigenvalue weighted by molar-refractivity contribution is 5.83. The van der Waals surface area contributed by atoms with Crippen molar-refractivity contribution in [2.24, 2.45) is 10.7 Å². The molecule has 0 atom stereocenters. The van der Waals surface area contributed by atoms with E-state index in [4.69, 9.17) is 10.5 Å². The Hall–Kier alpha value is -1.84. The predicted molar refractivity (Wildman–Crippen MR) is 54.6 cm³/mol. The lowest BCUT2D eigenvalue weighted by Crippen LogP contribution is -2.13. The van der Waals surface area contributed by atoms with Crippen LogP contribution in [0.5, 0.6) is 5.75 Å². The Kier molecular flexibility index (Phi) is 3.67. The van der Waals surface area contributed by atoms with Crippen molar-refractivity contribution in [2.45, 2.75) is 0 Å². The molecule has 0 radical (unpaired) electrons. The van der Waals surface area contributed by atoms with E-state index in [1.54, 1.807) is 13.3 Å². The second-order valence-electron chi connectivity index (χ2n) is 2.71. The molecule has 0 fully saturated rings. The minimum Gasteiger partial charge on any atom is -0.497 e. The van der Waals surface area contributed by atoms with Crippen LogP contribution >= 0.6 is 0 Å². The summed E-state index contributed by atoms with van der Waals surface area (Å²) in [4.78, 5) is 14.2. The monoisotopic (exact) mass is 192 g/mol. The molecule has 14 heavy (non-hydrogen) atoms. The Morgan fingerprint density at radius 2 is 2.14 bits per heavy atom. The Balaban J connectivity index is 2.59. The number of carbonyl (C=O) groups excluding carboxylic acids is 1. The SMILES string of the molecule is COc1ccc(C=NCC(N)=O)cc1. The van der Waals surface area contributed by atoms with Gasteiger partial charge in [-0.25, -0.2) is 0 Å². The highest BCUT2D eigenvalue weighted by Gasteiger charge is 1.91. The van der Waals surface area contributed by atoms with E-state index in [9.17, 15) is 4.79 Å². The van der Waals surface area contributed by atoms with Crippen LogP contribution in [0.3, 0.4) is 0 Å². The van der Waals surface area contributed by atoms with Crippen molar-refractivity contribution in [3.05, 3.63) is 29.8 Å². The zero-order chi connectivity index (χ0) is 10.4. The van der Waals surface area contributed by atoms with Crippen molar-refractivity contribution in [2.75, 3.05) is 13.7 Å². The van der Waals surface area contributed by atoms with Gasteiger partial charge in [0.2, 0.25) is 5.91 Å². The first-order valence-electron chi connectivity index (χ1n) is 4.14. The van der Waals surface area contributed by atoms with Gasteiger partial charge >= 0.3 is 0 Å². The number of nitrogens with zero attached hydrogens (tertiary/aromatic N) is 1. The number of rotatable bonds is 4. The number of aliphatic imine (C=N–C) groups is 1. The smallest absolute Gasteiger partial charge is 0.239 e. The zero-order valence-electron chi connectivity index (χ0n) is 7.93. The van der Waals surface area contributed by atoms with Gasteiger partial charge in [0, 0.05) is 6.21 Å². The molecule has 0 aromatic heterocycles. The highest BCUT2D eigenvalue weighted by atomic mass is 16.5. The van der Waals surface area contributed by atoms with Gasteiger partial charge in [0.25, 0.3) is 0 Å². The lowest BCUT2D eigenvalue weighted by Gasteiger charge is -1.98. The Morgan fingerprint density at radius 3 is 2.64 bits per heavy atom. The van der Waals surface area contributed by atoms with Gasteiger partial charge in [0.1, 0.15) is 12.3 Å². The minimum absolute atomic E-state index is 0.0199. The van der Waals surface area contributed by atoms with Gasteiger partial charge in [-0.05, 0) is 29.8 Å². The standard InChI is InChI=1S/C10H12N2O2/c1-14-9-4-2-8(3-5-9)6-12-7-10(11)13/h2-6H,7H2,1H3,(H2,11,13). The Bertz CT molecular complexity index is 330. The van der Waals surface area contributed by atoms with E-state index in [0.29, 0.717) is 0 Å². The van der Waals surface area contributed by atoms with Crippen molar-refractivity contribution in [3.8, 4) is 5.75 Å². The second kappa shape index (κ2) is 5.01. The summed E-state index contributed by atoms with van der Waals surface area (Å²) < 4.78 is 4.99. The summed E-state index contributed by atoms with van der Waals surface area (Å²) in [6.07, 6.45) is 1.60. The van der Waals surface area contributed by atoms with Crippen LogP contribution in [0.2, 0.25) is 0 Å². The number of benzene rings is 1. The van der Waals surface area contributed by atoms with E-state index in [1.807, 2.05) is 24.3 Å². The van der Waals surface area contributed by atoms with E-state index in [0.717, 1.165) is 11.3 Å². The fraction of sp³-hybridized carbons (Fsp3) is 0.200.